The quantitative estimate of drug-likeness (QED) is 0.823. The molecular formula is C15H22FN. The Morgan fingerprint density at radius 1 is 1.29 bits per heavy atom. The van der Waals surface area contributed by atoms with Gasteiger partial charge in [-0.1, -0.05) is 31.0 Å². The third-order valence-electron chi connectivity index (χ3n) is 4.02. The van der Waals surface area contributed by atoms with E-state index >= 15 is 0 Å². The Kier molecular flexibility index (Phi) is 4.55. The highest BCUT2D eigenvalue weighted by Gasteiger charge is 2.23. The fourth-order valence-corrected chi connectivity index (χ4v) is 2.99. The van der Waals surface area contributed by atoms with Gasteiger partial charge in [-0.3, -0.25) is 0 Å². The summed E-state index contributed by atoms with van der Waals surface area (Å²) in [6.07, 6.45) is 7.29. The van der Waals surface area contributed by atoms with E-state index in [1.54, 1.807) is 12.1 Å². The highest BCUT2D eigenvalue weighted by molar-refractivity contribution is 5.17. The first-order chi connectivity index (χ1) is 8.31. The molecule has 0 aromatic heterocycles. The van der Waals surface area contributed by atoms with Gasteiger partial charge in [-0.15, -0.1) is 0 Å². The van der Waals surface area contributed by atoms with Crippen LogP contribution in [0.4, 0.5) is 4.39 Å². The van der Waals surface area contributed by atoms with Gasteiger partial charge in [-0.05, 0) is 50.3 Å². The molecule has 2 rings (SSSR count). The van der Waals surface area contributed by atoms with Crippen LogP contribution in [0.2, 0.25) is 0 Å². The Morgan fingerprint density at radius 2 is 2.00 bits per heavy atom. The Balaban J connectivity index is 1.89. The first kappa shape index (κ1) is 12.6. The van der Waals surface area contributed by atoms with Gasteiger partial charge in [0.05, 0.1) is 0 Å². The lowest BCUT2D eigenvalue weighted by molar-refractivity contribution is 0.358. The standard InChI is InChI=1S/C15H22FN/c1-17-15(13-7-2-3-8-13)11-10-12-6-4-5-9-14(12)16/h4-6,9,13,15,17H,2-3,7-8,10-11H2,1H3. The van der Waals surface area contributed by atoms with E-state index in [1.807, 2.05) is 19.2 Å². The Bertz CT molecular complexity index is 345. The lowest BCUT2D eigenvalue weighted by Crippen LogP contribution is -2.32. The monoisotopic (exact) mass is 235 g/mol. The maximum atomic E-state index is 13.5. The van der Waals surface area contributed by atoms with E-state index < -0.39 is 0 Å². The topological polar surface area (TPSA) is 12.0 Å². The van der Waals surface area contributed by atoms with E-state index in [-0.39, 0.29) is 5.82 Å². The molecule has 1 unspecified atom stereocenters. The van der Waals surface area contributed by atoms with Gasteiger partial charge in [0, 0.05) is 6.04 Å². The number of aryl methyl sites for hydroxylation is 1. The minimum absolute atomic E-state index is 0.0613. The van der Waals surface area contributed by atoms with E-state index in [4.69, 9.17) is 0 Å². The average molecular weight is 235 g/mol. The van der Waals surface area contributed by atoms with Crippen molar-refractivity contribution in [2.75, 3.05) is 7.05 Å². The van der Waals surface area contributed by atoms with Crippen LogP contribution in [0.25, 0.3) is 0 Å². The van der Waals surface area contributed by atoms with Crippen LogP contribution in [-0.4, -0.2) is 13.1 Å². The molecule has 2 heteroatoms. The zero-order valence-corrected chi connectivity index (χ0v) is 10.6. The van der Waals surface area contributed by atoms with Crippen molar-refractivity contribution in [1.82, 2.24) is 5.32 Å². The summed E-state index contributed by atoms with van der Waals surface area (Å²) in [5, 5.41) is 3.41. The molecule has 0 bridgehead atoms. The Morgan fingerprint density at radius 3 is 2.65 bits per heavy atom. The predicted octanol–water partition coefficient (Wildman–Crippen LogP) is 3.54. The third-order valence-corrected chi connectivity index (χ3v) is 4.02. The van der Waals surface area contributed by atoms with Crippen molar-refractivity contribution < 1.29 is 4.39 Å². The second kappa shape index (κ2) is 6.15. The van der Waals surface area contributed by atoms with E-state index in [0.29, 0.717) is 6.04 Å². The summed E-state index contributed by atoms with van der Waals surface area (Å²) in [5.41, 5.74) is 0.853. The maximum absolute atomic E-state index is 13.5. The van der Waals surface area contributed by atoms with E-state index in [1.165, 1.54) is 25.7 Å². The van der Waals surface area contributed by atoms with E-state index in [9.17, 15) is 4.39 Å². The van der Waals surface area contributed by atoms with Crippen molar-refractivity contribution in [3.63, 3.8) is 0 Å². The summed E-state index contributed by atoms with van der Waals surface area (Å²) in [6.45, 7) is 0. The molecule has 0 saturated heterocycles. The Labute approximate surface area is 103 Å². The lowest BCUT2D eigenvalue weighted by Gasteiger charge is -2.22. The van der Waals surface area contributed by atoms with Gasteiger partial charge in [0.15, 0.2) is 0 Å². The predicted molar refractivity (Wildman–Crippen MR) is 69.5 cm³/mol. The van der Waals surface area contributed by atoms with Crippen LogP contribution in [0.15, 0.2) is 24.3 Å². The SMILES string of the molecule is CNC(CCc1ccccc1F)C1CCCC1. The van der Waals surface area contributed by atoms with E-state index in [0.717, 1.165) is 24.3 Å². The van der Waals surface area contributed by atoms with Crippen LogP contribution in [0.1, 0.15) is 37.7 Å². The van der Waals surface area contributed by atoms with E-state index in [2.05, 4.69) is 5.32 Å². The first-order valence-corrected chi connectivity index (χ1v) is 6.72. The van der Waals surface area contributed by atoms with Crippen LogP contribution in [0.3, 0.4) is 0 Å². The highest BCUT2D eigenvalue weighted by Crippen LogP contribution is 2.29. The second-order valence-corrected chi connectivity index (χ2v) is 5.07. The fourth-order valence-electron chi connectivity index (χ4n) is 2.99. The number of hydrogen-bond donors (Lipinski definition) is 1. The largest absolute Gasteiger partial charge is 0.317 e. The van der Waals surface area contributed by atoms with Crippen LogP contribution in [0.5, 0.6) is 0 Å². The Hall–Kier alpha value is -0.890. The molecule has 0 spiro atoms. The zero-order valence-electron chi connectivity index (χ0n) is 10.6. The average Bonchev–Trinajstić information content (AvgIpc) is 2.86. The van der Waals surface area contributed by atoms with Gasteiger partial charge in [-0.25, -0.2) is 4.39 Å². The number of benzene rings is 1. The molecule has 1 N–H and O–H groups in total. The molecule has 1 aromatic rings. The molecule has 17 heavy (non-hydrogen) atoms. The zero-order chi connectivity index (χ0) is 12.1. The summed E-state index contributed by atoms with van der Waals surface area (Å²) in [5.74, 6) is 0.737. The minimum Gasteiger partial charge on any atom is -0.317 e. The van der Waals surface area contributed by atoms with Crippen molar-refractivity contribution in [3.8, 4) is 0 Å². The maximum Gasteiger partial charge on any atom is 0.126 e. The molecule has 0 radical (unpaired) electrons. The molecule has 1 fully saturated rings. The van der Waals surface area contributed by atoms with Gasteiger partial charge in [0.1, 0.15) is 5.82 Å². The lowest BCUT2D eigenvalue weighted by atomic mass is 9.92. The molecule has 1 aromatic carbocycles. The number of hydrogen-bond acceptors (Lipinski definition) is 1. The number of halogens is 1. The molecular weight excluding hydrogens is 213 g/mol. The molecule has 1 saturated carbocycles. The molecule has 0 heterocycles. The molecule has 1 aliphatic rings. The summed E-state index contributed by atoms with van der Waals surface area (Å²) in [7, 11) is 2.03. The van der Waals surface area contributed by atoms with Crippen molar-refractivity contribution in [2.24, 2.45) is 5.92 Å². The summed E-state index contributed by atoms with van der Waals surface area (Å²) in [4.78, 5) is 0. The fraction of sp³-hybridized carbons (Fsp3) is 0.600. The summed E-state index contributed by atoms with van der Waals surface area (Å²) < 4.78 is 13.5. The highest BCUT2D eigenvalue weighted by atomic mass is 19.1. The molecule has 0 aliphatic heterocycles. The molecule has 1 atom stereocenters. The molecule has 1 aliphatic carbocycles. The summed E-state index contributed by atoms with van der Waals surface area (Å²) in [6, 6.07) is 7.68. The minimum atomic E-state index is -0.0613. The van der Waals surface area contributed by atoms with Crippen molar-refractivity contribution in [1.29, 1.82) is 0 Å². The molecule has 0 amide bonds. The van der Waals surface area contributed by atoms with Crippen LogP contribution in [0, 0.1) is 11.7 Å². The van der Waals surface area contributed by atoms with Crippen molar-refractivity contribution in [3.05, 3.63) is 35.6 Å². The molecule has 1 nitrogen and oxygen atoms in total. The number of rotatable bonds is 5. The third kappa shape index (κ3) is 3.29. The van der Waals surface area contributed by atoms with Crippen molar-refractivity contribution in [2.45, 2.75) is 44.6 Å². The van der Waals surface area contributed by atoms with Gasteiger partial charge in [0.2, 0.25) is 0 Å². The van der Waals surface area contributed by atoms with Gasteiger partial charge >= 0.3 is 0 Å². The van der Waals surface area contributed by atoms with Crippen LogP contribution in [-0.2, 0) is 6.42 Å². The van der Waals surface area contributed by atoms with Gasteiger partial charge in [0.25, 0.3) is 0 Å². The van der Waals surface area contributed by atoms with Gasteiger partial charge in [-0.2, -0.15) is 0 Å². The van der Waals surface area contributed by atoms with Gasteiger partial charge < -0.3 is 5.32 Å². The second-order valence-electron chi connectivity index (χ2n) is 5.07. The smallest absolute Gasteiger partial charge is 0.126 e. The first-order valence-electron chi connectivity index (χ1n) is 6.72. The van der Waals surface area contributed by atoms with Crippen molar-refractivity contribution >= 4 is 0 Å². The summed E-state index contributed by atoms with van der Waals surface area (Å²) >= 11 is 0. The number of nitrogens with one attached hydrogen (secondary N) is 1. The molecule has 94 valence electrons. The normalized spacial score (nSPS) is 18.5. The van der Waals surface area contributed by atoms with Crippen LogP contribution >= 0.6 is 0 Å². The van der Waals surface area contributed by atoms with Crippen LogP contribution < -0.4 is 5.32 Å².